The third-order valence-corrected chi connectivity index (χ3v) is 1.17. The minimum Gasteiger partial charge on any atom is -0.595 e. The first-order valence-electron chi connectivity index (χ1n) is 2.47. The highest BCUT2D eigenvalue weighted by atomic mass is 31.1. The molecule has 3 nitrogen and oxygen atoms in total. The van der Waals surface area contributed by atoms with Crippen molar-refractivity contribution in [2.75, 3.05) is 19.4 Å². The summed E-state index contributed by atoms with van der Waals surface area (Å²) in [4.78, 5) is 9.83. The summed E-state index contributed by atoms with van der Waals surface area (Å²) < 4.78 is 14.6. The number of rotatable bonds is 4. The maximum Gasteiger partial charge on any atom is 0.311 e. The van der Waals surface area contributed by atoms with Gasteiger partial charge < -0.3 is 9.63 Å². The summed E-state index contributed by atoms with van der Waals surface area (Å²) in [5.41, 5.74) is 0. The molecule has 0 heterocycles. The van der Waals surface area contributed by atoms with Gasteiger partial charge in [-0.25, -0.2) is 0 Å². The highest BCUT2D eigenvalue weighted by molar-refractivity contribution is 7.36. The lowest BCUT2D eigenvalue weighted by Crippen LogP contribution is -2.00. The zero-order valence-corrected chi connectivity index (χ0v) is 5.69. The molecule has 0 aliphatic rings. The van der Waals surface area contributed by atoms with E-state index in [1.54, 1.807) is 0 Å². The summed E-state index contributed by atoms with van der Waals surface area (Å²) in [6.45, 7) is 2.75. The van der Waals surface area contributed by atoms with Crippen LogP contribution in [0.5, 0.6) is 0 Å². The maximum absolute atomic E-state index is 9.83. The minimum atomic E-state index is -2.24. The van der Waals surface area contributed by atoms with Crippen molar-refractivity contribution in [2.45, 2.75) is 6.92 Å². The number of hydrogen-bond donors (Lipinski definition) is 0. The van der Waals surface area contributed by atoms with E-state index in [9.17, 15) is 9.46 Å². The lowest BCUT2D eigenvalue weighted by atomic mass is 10.8. The van der Waals surface area contributed by atoms with Crippen LogP contribution in [0, 0.1) is 0 Å². The lowest BCUT2D eigenvalue weighted by molar-refractivity contribution is -0.164. The van der Waals surface area contributed by atoms with Gasteiger partial charge in [-0.15, -0.1) is 0 Å². The largest absolute Gasteiger partial charge is 0.595 e. The van der Waals surface area contributed by atoms with E-state index in [2.05, 4.69) is 0 Å². The molecule has 1 unspecified atom stereocenters. The third-order valence-electron chi connectivity index (χ3n) is 0.622. The fourth-order valence-electron chi connectivity index (χ4n) is 0.283. The molecular weight excluding hydrogens is 127 g/mol. The Kier molecular flexibility index (Phi) is 5.18. The third kappa shape index (κ3) is 6.02. The Hall–Kier alpha value is 0.0200. The van der Waals surface area contributed by atoms with Gasteiger partial charge in [0.2, 0.25) is 0 Å². The Morgan fingerprint density at radius 3 is 2.75 bits per heavy atom. The Morgan fingerprint density at radius 1 is 1.75 bits per heavy atom. The normalized spacial score (nSPS) is 11.5. The highest BCUT2D eigenvalue weighted by Gasteiger charge is 1.96. The Labute approximate surface area is 49.5 Å². The molecule has 0 spiro atoms. The van der Waals surface area contributed by atoms with Gasteiger partial charge in [0.15, 0.2) is 6.16 Å². The fourth-order valence-corrected chi connectivity index (χ4v) is 0.562. The number of ether oxygens (including phenoxy) is 1. The van der Waals surface area contributed by atoms with Gasteiger partial charge in [-0.05, 0) is 6.92 Å². The average molecular weight is 136 g/mol. The first-order chi connectivity index (χ1) is 3.77. The van der Waals surface area contributed by atoms with Gasteiger partial charge in [-0.3, -0.25) is 0 Å². The Morgan fingerprint density at radius 2 is 2.38 bits per heavy atom. The van der Waals surface area contributed by atoms with Crippen LogP contribution in [-0.4, -0.2) is 19.4 Å². The zero-order valence-electron chi connectivity index (χ0n) is 4.79. The average Bonchev–Trinajstić information content (AvgIpc) is 1.66. The quantitative estimate of drug-likeness (QED) is 0.407. The van der Waals surface area contributed by atoms with E-state index in [-0.39, 0.29) is 6.16 Å². The summed E-state index contributed by atoms with van der Waals surface area (Å²) in [7, 11) is -2.24. The molecule has 4 heteroatoms. The van der Waals surface area contributed by atoms with Crippen molar-refractivity contribution in [2.24, 2.45) is 0 Å². The molecule has 0 radical (unpaired) electrons. The molecule has 0 fully saturated rings. The van der Waals surface area contributed by atoms with Crippen LogP contribution in [-0.2, 0) is 9.30 Å². The second-order valence-corrected chi connectivity index (χ2v) is 2.37. The van der Waals surface area contributed by atoms with Crippen molar-refractivity contribution in [1.29, 1.82) is 0 Å². The molecule has 0 bridgehead atoms. The monoisotopic (exact) mass is 136 g/mol. The molecule has 0 aromatic heterocycles. The van der Waals surface area contributed by atoms with Gasteiger partial charge in [-0.2, -0.15) is 0 Å². The van der Waals surface area contributed by atoms with E-state index in [4.69, 9.17) is 4.74 Å². The van der Waals surface area contributed by atoms with Crippen molar-refractivity contribution < 1.29 is 14.2 Å². The van der Waals surface area contributed by atoms with Gasteiger partial charge in [-0.1, -0.05) is 4.57 Å². The summed E-state index contributed by atoms with van der Waals surface area (Å²) in [5.74, 6) is 0. The molecule has 0 aromatic rings. The molecule has 0 amide bonds. The smallest absolute Gasteiger partial charge is 0.311 e. The van der Waals surface area contributed by atoms with Crippen LogP contribution in [0.3, 0.4) is 0 Å². The van der Waals surface area contributed by atoms with Crippen molar-refractivity contribution in [1.82, 2.24) is 0 Å². The van der Waals surface area contributed by atoms with Gasteiger partial charge in [0.05, 0.1) is 6.61 Å². The van der Waals surface area contributed by atoms with Crippen LogP contribution < -0.4 is 4.89 Å². The molecule has 8 heavy (non-hydrogen) atoms. The van der Waals surface area contributed by atoms with Gasteiger partial charge in [0, 0.05) is 6.61 Å². The summed E-state index contributed by atoms with van der Waals surface area (Å²) in [6, 6.07) is 0. The predicted molar refractivity (Wildman–Crippen MR) is 29.0 cm³/mol. The van der Waals surface area contributed by atoms with E-state index in [1.165, 1.54) is 0 Å². The summed E-state index contributed by atoms with van der Waals surface area (Å²) in [6.07, 6.45) is 0.142. The van der Waals surface area contributed by atoms with E-state index in [1.807, 2.05) is 6.92 Å². The summed E-state index contributed by atoms with van der Waals surface area (Å²) >= 11 is 0. The molecule has 48 valence electrons. The van der Waals surface area contributed by atoms with Crippen LogP contribution in [0.4, 0.5) is 0 Å². The van der Waals surface area contributed by atoms with Crippen molar-refractivity contribution in [3.8, 4) is 0 Å². The van der Waals surface area contributed by atoms with Crippen LogP contribution in [0.25, 0.3) is 0 Å². The van der Waals surface area contributed by atoms with E-state index >= 15 is 0 Å². The maximum atomic E-state index is 9.83. The van der Waals surface area contributed by atoms with Crippen LogP contribution in [0.15, 0.2) is 0 Å². The molecule has 0 aromatic carbocycles. The number of hydrogen-bond acceptors (Lipinski definition) is 3. The molecule has 0 saturated carbocycles. The molecule has 0 saturated heterocycles. The first-order valence-corrected chi connectivity index (χ1v) is 3.83. The molecule has 1 atom stereocenters. The zero-order chi connectivity index (χ0) is 6.41. The molecule has 0 aliphatic heterocycles. The van der Waals surface area contributed by atoms with Crippen molar-refractivity contribution in [3.05, 3.63) is 0 Å². The van der Waals surface area contributed by atoms with Gasteiger partial charge in [0.1, 0.15) is 0 Å². The predicted octanol–water partition coefficient (Wildman–Crippen LogP) is 0.126. The van der Waals surface area contributed by atoms with Crippen LogP contribution >= 0.6 is 8.03 Å². The summed E-state index contributed by atoms with van der Waals surface area (Å²) in [5, 5.41) is 0. The molecular formula is C4H9O3P. The fraction of sp³-hybridized carbons (Fsp3) is 1.00. The molecule has 0 rings (SSSR count). The Balaban J connectivity index is 2.82. The van der Waals surface area contributed by atoms with Crippen molar-refractivity contribution in [3.63, 3.8) is 0 Å². The van der Waals surface area contributed by atoms with Crippen LogP contribution in [0.1, 0.15) is 6.92 Å². The van der Waals surface area contributed by atoms with E-state index < -0.39 is 8.03 Å². The standard InChI is InChI=1S/C4H9O3P/c1-2-7-3-4-8(5)6/h2-4H2,1H3. The Bertz CT molecular complexity index is 73.7. The highest BCUT2D eigenvalue weighted by Crippen LogP contribution is 2.03. The first kappa shape index (κ1) is 8.02. The van der Waals surface area contributed by atoms with E-state index in [0.29, 0.717) is 13.2 Å². The lowest BCUT2D eigenvalue weighted by Gasteiger charge is -1.91. The second kappa shape index (κ2) is 5.16. The molecule has 0 N–H and O–H groups in total. The SMILES string of the molecule is CCOCC[P+](=O)[O-]. The van der Waals surface area contributed by atoms with Crippen molar-refractivity contribution >= 4 is 8.03 Å². The second-order valence-electron chi connectivity index (χ2n) is 1.25. The molecule has 0 aliphatic carbocycles. The van der Waals surface area contributed by atoms with Gasteiger partial charge >= 0.3 is 8.03 Å². The van der Waals surface area contributed by atoms with E-state index in [0.717, 1.165) is 0 Å². The minimum absolute atomic E-state index is 0.142. The van der Waals surface area contributed by atoms with Crippen LogP contribution in [0.2, 0.25) is 0 Å². The topological polar surface area (TPSA) is 49.4 Å². The van der Waals surface area contributed by atoms with Gasteiger partial charge in [0.25, 0.3) is 0 Å².